The van der Waals surface area contributed by atoms with Crippen LogP contribution < -0.4 is 5.32 Å². The molecule has 114 valence electrons. The second kappa shape index (κ2) is 5.91. The molecule has 1 heterocycles. The van der Waals surface area contributed by atoms with E-state index in [1.807, 2.05) is 12.1 Å². The van der Waals surface area contributed by atoms with Gasteiger partial charge >= 0.3 is 0 Å². The normalized spacial score (nSPS) is 15.4. The molecule has 0 spiro atoms. The Labute approximate surface area is 131 Å². The van der Waals surface area contributed by atoms with Gasteiger partial charge in [-0.25, -0.2) is 0 Å². The molecule has 1 saturated carbocycles. The number of nitrogens with zero attached hydrogens (tertiary/aromatic N) is 1. The molecule has 1 amide bonds. The molecule has 1 N–H and O–H groups in total. The standard InChI is InChI=1S/C19H22N2O/c1-14-5-3-7-16(13-14)19(9-10-19)18(22)21-12-8-17-15(2)6-4-11-20-17/h3-7,11,13H,8-10,12H2,1-2H3,(H,21,22). The lowest BCUT2D eigenvalue weighted by molar-refractivity contribution is -0.123. The van der Waals surface area contributed by atoms with Crippen LogP contribution in [0.5, 0.6) is 0 Å². The summed E-state index contributed by atoms with van der Waals surface area (Å²) in [5.41, 5.74) is 4.31. The van der Waals surface area contributed by atoms with E-state index in [0.29, 0.717) is 6.54 Å². The fourth-order valence-corrected chi connectivity index (χ4v) is 2.96. The Morgan fingerprint density at radius 3 is 2.73 bits per heavy atom. The van der Waals surface area contributed by atoms with Crippen molar-refractivity contribution in [2.75, 3.05) is 6.54 Å². The van der Waals surface area contributed by atoms with Gasteiger partial charge in [0, 0.05) is 24.9 Å². The second-order valence-electron chi connectivity index (χ2n) is 6.22. The van der Waals surface area contributed by atoms with Gasteiger partial charge in [0.2, 0.25) is 5.91 Å². The molecule has 0 radical (unpaired) electrons. The third kappa shape index (κ3) is 2.89. The highest BCUT2D eigenvalue weighted by Gasteiger charge is 2.51. The quantitative estimate of drug-likeness (QED) is 0.920. The van der Waals surface area contributed by atoms with Crippen molar-refractivity contribution in [1.29, 1.82) is 0 Å². The maximum Gasteiger partial charge on any atom is 0.230 e. The molecule has 0 atom stereocenters. The Morgan fingerprint density at radius 1 is 1.23 bits per heavy atom. The van der Waals surface area contributed by atoms with Crippen molar-refractivity contribution in [2.45, 2.75) is 38.5 Å². The molecular formula is C19H22N2O. The fourth-order valence-electron chi connectivity index (χ4n) is 2.96. The van der Waals surface area contributed by atoms with Gasteiger partial charge in [-0.05, 0) is 43.9 Å². The molecular weight excluding hydrogens is 272 g/mol. The summed E-state index contributed by atoms with van der Waals surface area (Å²) >= 11 is 0. The number of hydrogen-bond donors (Lipinski definition) is 1. The van der Waals surface area contributed by atoms with Gasteiger partial charge in [-0.1, -0.05) is 35.9 Å². The Bertz CT molecular complexity index is 689. The summed E-state index contributed by atoms with van der Waals surface area (Å²) in [4.78, 5) is 17.0. The lowest BCUT2D eigenvalue weighted by Gasteiger charge is -2.16. The number of amides is 1. The van der Waals surface area contributed by atoms with E-state index in [0.717, 1.165) is 30.5 Å². The second-order valence-corrected chi connectivity index (χ2v) is 6.22. The van der Waals surface area contributed by atoms with Gasteiger partial charge in [0.05, 0.1) is 5.41 Å². The van der Waals surface area contributed by atoms with Crippen LogP contribution in [0.2, 0.25) is 0 Å². The van der Waals surface area contributed by atoms with E-state index in [9.17, 15) is 4.79 Å². The summed E-state index contributed by atoms with van der Waals surface area (Å²) < 4.78 is 0. The summed E-state index contributed by atoms with van der Waals surface area (Å²) in [6, 6.07) is 12.3. The molecule has 1 aliphatic carbocycles. The number of rotatable bonds is 5. The number of nitrogens with one attached hydrogen (secondary N) is 1. The molecule has 3 nitrogen and oxygen atoms in total. The van der Waals surface area contributed by atoms with Crippen molar-refractivity contribution in [2.24, 2.45) is 0 Å². The molecule has 0 unspecified atom stereocenters. The zero-order valence-electron chi connectivity index (χ0n) is 13.2. The van der Waals surface area contributed by atoms with Crippen LogP contribution in [-0.2, 0) is 16.6 Å². The largest absolute Gasteiger partial charge is 0.355 e. The predicted octanol–water partition coefficient (Wildman–Crippen LogP) is 3.09. The minimum Gasteiger partial charge on any atom is -0.355 e. The van der Waals surface area contributed by atoms with Crippen molar-refractivity contribution in [3.63, 3.8) is 0 Å². The van der Waals surface area contributed by atoms with E-state index < -0.39 is 0 Å². The smallest absolute Gasteiger partial charge is 0.230 e. The molecule has 0 aliphatic heterocycles. The third-order valence-corrected chi connectivity index (χ3v) is 4.52. The van der Waals surface area contributed by atoms with Crippen LogP contribution in [0.4, 0.5) is 0 Å². The van der Waals surface area contributed by atoms with Crippen LogP contribution in [0, 0.1) is 13.8 Å². The zero-order chi connectivity index (χ0) is 15.6. The molecule has 3 rings (SSSR count). The molecule has 0 bridgehead atoms. The topological polar surface area (TPSA) is 42.0 Å². The number of aryl methyl sites for hydroxylation is 2. The van der Waals surface area contributed by atoms with Crippen LogP contribution in [0.25, 0.3) is 0 Å². The van der Waals surface area contributed by atoms with Crippen molar-refractivity contribution in [3.8, 4) is 0 Å². The third-order valence-electron chi connectivity index (χ3n) is 4.52. The number of pyridine rings is 1. The van der Waals surface area contributed by atoms with Crippen molar-refractivity contribution >= 4 is 5.91 Å². The summed E-state index contributed by atoms with van der Waals surface area (Å²) in [6.45, 7) is 4.77. The first-order valence-electron chi connectivity index (χ1n) is 7.88. The molecule has 2 aromatic rings. The lowest BCUT2D eigenvalue weighted by atomic mass is 9.93. The SMILES string of the molecule is Cc1cccc(C2(C(=O)NCCc3ncccc3C)CC2)c1. The molecule has 1 aromatic carbocycles. The van der Waals surface area contributed by atoms with E-state index in [1.54, 1.807) is 6.20 Å². The minimum atomic E-state index is -0.287. The first-order chi connectivity index (χ1) is 10.6. The van der Waals surface area contributed by atoms with E-state index in [2.05, 4.69) is 48.4 Å². The molecule has 1 aromatic heterocycles. The predicted molar refractivity (Wildman–Crippen MR) is 87.8 cm³/mol. The van der Waals surface area contributed by atoms with E-state index in [-0.39, 0.29) is 11.3 Å². The zero-order valence-corrected chi connectivity index (χ0v) is 13.2. The van der Waals surface area contributed by atoms with Crippen molar-refractivity contribution in [3.05, 3.63) is 65.0 Å². The van der Waals surface area contributed by atoms with Gasteiger partial charge < -0.3 is 5.32 Å². The number of carbonyl (C=O) groups is 1. The van der Waals surface area contributed by atoms with Crippen LogP contribution in [-0.4, -0.2) is 17.4 Å². The van der Waals surface area contributed by atoms with Gasteiger partial charge in [-0.3, -0.25) is 9.78 Å². The highest BCUT2D eigenvalue weighted by Crippen LogP contribution is 2.48. The van der Waals surface area contributed by atoms with Crippen molar-refractivity contribution in [1.82, 2.24) is 10.3 Å². The van der Waals surface area contributed by atoms with Gasteiger partial charge in [0.15, 0.2) is 0 Å². The monoisotopic (exact) mass is 294 g/mol. The Morgan fingerprint density at radius 2 is 2.05 bits per heavy atom. The summed E-state index contributed by atoms with van der Waals surface area (Å²) in [7, 11) is 0. The van der Waals surface area contributed by atoms with E-state index in [1.165, 1.54) is 11.1 Å². The average Bonchev–Trinajstić information content (AvgIpc) is 3.31. The maximum atomic E-state index is 12.6. The molecule has 1 aliphatic rings. The number of hydrogen-bond acceptors (Lipinski definition) is 2. The van der Waals surface area contributed by atoms with Crippen LogP contribution in [0.3, 0.4) is 0 Å². The fraction of sp³-hybridized carbons (Fsp3) is 0.368. The Hall–Kier alpha value is -2.16. The highest BCUT2D eigenvalue weighted by molar-refractivity contribution is 5.91. The first-order valence-corrected chi connectivity index (χ1v) is 7.88. The lowest BCUT2D eigenvalue weighted by Crippen LogP contribution is -2.36. The summed E-state index contributed by atoms with van der Waals surface area (Å²) in [6.07, 6.45) is 4.48. The average molecular weight is 294 g/mol. The van der Waals surface area contributed by atoms with Crippen LogP contribution in [0.1, 0.15) is 35.2 Å². The van der Waals surface area contributed by atoms with Crippen molar-refractivity contribution < 1.29 is 4.79 Å². The summed E-state index contributed by atoms with van der Waals surface area (Å²) in [5, 5.41) is 3.10. The Kier molecular flexibility index (Phi) is 3.97. The van der Waals surface area contributed by atoms with Crippen LogP contribution >= 0.6 is 0 Å². The molecule has 3 heteroatoms. The first kappa shape index (κ1) is 14.8. The molecule has 0 saturated heterocycles. The minimum absolute atomic E-state index is 0.159. The van der Waals surface area contributed by atoms with E-state index in [4.69, 9.17) is 0 Å². The molecule has 1 fully saturated rings. The van der Waals surface area contributed by atoms with E-state index >= 15 is 0 Å². The van der Waals surface area contributed by atoms with Gasteiger partial charge in [-0.15, -0.1) is 0 Å². The Balaban J connectivity index is 1.62. The maximum absolute atomic E-state index is 12.6. The number of aromatic nitrogens is 1. The highest BCUT2D eigenvalue weighted by atomic mass is 16.2. The molecule has 22 heavy (non-hydrogen) atoms. The number of benzene rings is 1. The van der Waals surface area contributed by atoms with Gasteiger partial charge in [0.1, 0.15) is 0 Å². The van der Waals surface area contributed by atoms with Crippen LogP contribution in [0.15, 0.2) is 42.6 Å². The summed E-state index contributed by atoms with van der Waals surface area (Å²) in [5.74, 6) is 0.159. The van der Waals surface area contributed by atoms with Gasteiger partial charge in [-0.2, -0.15) is 0 Å². The van der Waals surface area contributed by atoms with Gasteiger partial charge in [0.25, 0.3) is 0 Å². The number of carbonyl (C=O) groups excluding carboxylic acids is 1.